The van der Waals surface area contributed by atoms with Crippen molar-refractivity contribution >= 4 is 50.1 Å². The van der Waals surface area contributed by atoms with Crippen molar-refractivity contribution in [2.45, 2.75) is 47.5 Å². The van der Waals surface area contributed by atoms with Gasteiger partial charge in [-0.25, -0.2) is 11.1 Å². The van der Waals surface area contributed by atoms with E-state index in [-0.39, 0.29) is 0 Å². The van der Waals surface area contributed by atoms with E-state index in [1.165, 1.54) is 27.8 Å². The predicted octanol–water partition coefficient (Wildman–Crippen LogP) is 16.6. The van der Waals surface area contributed by atoms with Crippen LogP contribution in [0, 0.1) is 24.9 Å². The molecular weight excluding hydrogens is 733 g/mol. The standard InChI is InChI=1S/C37H29NO.C7H8.C6H7N.C3H6.C2H6.H2N2/c1-25-10-7-13-30(22-25)38-24-29(21-20-26(2)31-14-3-5-18-35(31)38)27-11-8-12-28(23-27)32-16-9-17-34-33-15-4-6-19-36(33)39-37(32)34;1-7-5-3-2-4-6-7;7-6-4-2-1-3-5-6;1-3-2;2*1-2/h3-19,22-24H,2,20-21H2,1H3;2-6H,1H3;1-5H,7H2;3H,1H2,2H3;1-2H3;1-2H/b29-24+;;;;;. The molecule has 0 saturated carbocycles. The van der Waals surface area contributed by atoms with Gasteiger partial charge in [0.1, 0.15) is 11.2 Å². The number of anilines is 3. The molecule has 2 heterocycles. The fourth-order valence-corrected chi connectivity index (χ4v) is 6.75. The monoisotopic (exact) mass is 790 g/mol. The van der Waals surface area contributed by atoms with E-state index in [1.54, 1.807) is 6.08 Å². The van der Waals surface area contributed by atoms with E-state index < -0.39 is 0 Å². The van der Waals surface area contributed by atoms with Crippen molar-refractivity contribution in [3.05, 3.63) is 224 Å². The first-order valence-corrected chi connectivity index (χ1v) is 20.4. The number of furan rings is 1. The van der Waals surface area contributed by atoms with Crippen LogP contribution < -0.4 is 10.6 Å². The smallest absolute Gasteiger partial charge is 0.143 e. The van der Waals surface area contributed by atoms with Crippen LogP contribution >= 0.6 is 0 Å². The van der Waals surface area contributed by atoms with Crippen LogP contribution in [0.15, 0.2) is 206 Å². The minimum absolute atomic E-state index is 0.822. The predicted molar refractivity (Wildman–Crippen MR) is 260 cm³/mol. The molecule has 0 unspecified atom stereocenters. The van der Waals surface area contributed by atoms with Gasteiger partial charge < -0.3 is 15.1 Å². The first-order valence-electron chi connectivity index (χ1n) is 20.4. The number of allylic oxidation sites excluding steroid dienone is 3. The molecule has 0 amide bonds. The summed E-state index contributed by atoms with van der Waals surface area (Å²) in [5, 5.41) is 2.30. The van der Waals surface area contributed by atoms with Crippen molar-refractivity contribution in [1.82, 2.24) is 0 Å². The second-order valence-electron chi connectivity index (χ2n) is 13.8. The fraction of sp³-hybridized carbons (Fsp3) is 0.127. The Balaban J connectivity index is 0.000000312. The molecule has 1 aliphatic rings. The lowest BCUT2D eigenvalue weighted by atomic mass is 9.91. The molecule has 9 rings (SSSR count). The molecule has 4 N–H and O–H groups in total. The van der Waals surface area contributed by atoms with E-state index in [0.717, 1.165) is 68.5 Å². The number of nitrogens with two attached hydrogens (primary N) is 1. The maximum absolute atomic E-state index is 6.36. The van der Waals surface area contributed by atoms with Gasteiger partial charge in [-0.1, -0.05) is 166 Å². The lowest BCUT2D eigenvalue weighted by Crippen LogP contribution is -2.13. The largest absolute Gasteiger partial charge is 0.455 e. The maximum Gasteiger partial charge on any atom is 0.143 e. The summed E-state index contributed by atoms with van der Waals surface area (Å²) in [6.45, 7) is 18.0. The molecule has 8 aromatic rings. The molecule has 0 spiro atoms. The first kappa shape index (κ1) is 45.5. The van der Waals surface area contributed by atoms with E-state index >= 15 is 0 Å². The van der Waals surface area contributed by atoms with Crippen LogP contribution in [0.1, 0.15) is 55.9 Å². The van der Waals surface area contributed by atoms with Gasteiger partial charge in [-0.05, 0) is 104 Å². The Labute approximate surface area is 357 Å². The number of hydrogen-bond acceptors (Lipinski definition) is 5. The van der Waals surface area contributed by atoms with Crippen LogP contribution in [0.3, 0.4) is 0 Å². The molecule has 304 valence electrons. The van der Waals surface area contributed by atoms with Gasteiger partial charge in [-0.15, -0.1) is 6.58 Å². The molecule has 0 saturated heterocycles. The summed E-state index contributed by atoms with van der Waals surface area (Å²) in [7, 11) is 0. The highest BCUT2D eigenvalue weighted by molar-refractivity contribution is 6.09. The summed E-state index contributed by atoms with van der Waals surface area (Å²) in [4.78, 5) is 2.33. The van der Waals surface area contributed by atoms with Gasteiger partial charge >= 0.3 is 0 Å². The zero-order chi connectivity index (χ0) is 43.3. The number of fused-ring (bicyclic) bond motifs is 4. The second-order valence-corrected chi connectivity index (χ2v) is 13.8. The number of para-hydroxylation sites is 4. The molecular formula is C55H58N4O. The van der Waals surface area contributed by atoms with E-state index in [0.29, 0.717) is 0 Å². The number of benzene rings is 7. The highest BCUT2D eigenvalue weighted by Crippen LogP contribution is 2.41. The van der Waals surface area contributed by atoms with E-state index in [1.807, 2.05) is 81.4 Å². The third kappa shape index (κ3) is 12.1. The zero-order valence-corrected chi connectivity index (χ0v) is 35.7. The van der Waals surface area contributed by atoms with Gasteiger partial charge in [0, 0.05) is 39.5 Å². The van der Waals surface area contributed by atoms with Gasteiger partial charge in [0.05, 0.1) is 5.69 Å². The Bertz CT molecular complexity index is 2550. The van der Waals surface area contributed by atoms with Crippen LogP contribution in [0.25, 0.3) is 44.2 Å². The molecule has 1 aliphatic heterocycles. The maximum atomic E-state index is 6.36. The Morgan fingerprint density at radius 1 is 0.600 bits per heavy atom. The van der Waals surface area contributed by atoms with Gasteiger partial charge in [-0.2, -0.15) is 0 Å². The van der Waals surface area contributed by atoms with Crippen LogP contribution in [-0.2, 0) is 0 Å². The number of aryl methyl sites for hydroxylation is 2. The lowest BCUT2D eigenvalue weighted by molar-refractivity contribution is 0.670. The number of nitrogens with one attached hydrogen (secondary N) is 2. The third-order valence-electron chi connectivity index (χ3n) is 9.49. The normalized spacial score (nSPS) is 12.2. The summed E-state index contributed by atoms with van der Waals surface area (Å²) in [6, 6.07) is 60.6. The van der Waals surface area contributed by atoms with Crippen molar-refractivity contribution < 1.29 is 4.42 Å². The highest BCUT2D eigenvalue weighted by Gasteiger charge is 2.19. The van der Waals surface area contributed by atoms with Gasteiger partial charge in [0.2, 0.25) is 0 Å². The first-order chi connectivity index (χ1) is 29.4. The van der Waals surface area contributed by atoms with Crippen LogP contribution in [-0.4, -0.2) is 0 Å². The number of nitrogens with zero attached hydrogens (tertiary/aromatic N) is 1. The van der Waals surface area contributed by atoms with Gasteiger partial charge in [0.15, 0.2) is 0 Å². The molecule has 5 nitrogen and oxygen atoms in total. The minimum atomic E-state index is 0.822. The molecule has 7 aromatic carbocycles. The van der Waals surface area contributed by atoms with Crippen molar-refractivity contribution in [3.63, 3.8) is 0 Å². The quantitative estimate of drug-likeness (QED) is 0.0946. The highest BCUT2D eigenvalue weighted by atomic mass is 16.3. The summed E-state index contributed by atoms with van der Waals surface area (Å²) < 4.78 is 6.36. The minimum Gasteiger partial charge on any atom is -0.455 e. The van der Waals surface area contributed by atoms with Crippen LogP contribution in [0.5, 0.6) is 0 Å². The SMILES string of the molecule is C=C1CC/C(c2cccc(-c3cccc4c3oc3ccccc34)c2)=C\N(c2cccc(C)c2)c2ccccc21.C=CC.CC.Cc1ccccc1.N=N.Nc1ccccc1. The fourth-order valence-electron chi connectivity index (χ4n) is 6.75. The molecule has 60 heavy (non-hydrogen) atoms. The average Bonchev–Trinajstić information content (AvgIpc) is 3.68. The molecule has 0 bridgehead atoms. The Hall–Kier alpha value is -7.24. The van der Waals surface area contributed by atoms with Gasteiger partial charge in [0.25, 0.3) is 0 Å². The number of hydrogen-bond donors (Lipinski definition) is 3. The third-order valence-corrected chi connectivity index (χ3v) is 9.49. The summed E-state index contributed by atoms with van der Waals surface area (Å²) in [6.07, 6.45) is 5.89. The summed E-state index contributed by atoms with van der Waals surface area (Å²) in [5.41, 5.74) is 30.0. The van der Waals surface area contributed by atoms with E-state index in [9.17, 15) is 0 Å². The summed E-state index contributed by atoms with van der Waals surface area (Å²) >= 11 is 0. The second kappa shape index (κ2) is 23.9. The van der Waals surface area contributed by atoms with Gasteiger partial charge in [-0.3, -0.25) is 0 Å². The molecule has 5 heteroatoms. The van der Waals surface area contributed by atoms with E-state index in [4.69, 9.17) is 21.2 Å². The Kier molecular flexibility index (Phi) is 18.1. The molecule has 0 aliphatic carbocycles. The summed E-state index contributed by atoms with van der Waals surface area (Å²) in [5.74, 6) is 0. The number of nitrogen functional groups attached to an aromatic ring is 1. The topological polar surface area (TPSA) is 90.1 Å². The molecule has 1 aromatic heterocycles. The molecule has 0 radical (unpaired) electrons. The molecule has 0 atom stereocenters. The Morgan fingerprint density at radius 3 is 1.80 bits per heavy atom. The van der Waals surface area contributed by atoms with Crippen molar-refractivity contribution in [2.24, 2.45) is 0 Å². The van der Waals surface area contributed by atoms with Crippen molar-refractivity contribution in [1.29, 1.82) is 11.1 Å². The van der Waals surface area contributed by atoms with Crippen LogP contribution in [0.4, 0.5) is 17.1 Å². The number of rotatable bonds is 3. The molecule has 0 fully saturated rings. The van der Waals surface area contributed by atoms with Crippen molar-refractivity contribution in [3.8, 4) is 11.1 Å². The van der Waals surface area contributed by atoms with Crippen LogP contribution in [0.2, 0.25) is 0 Å². The Morgan fingerprint density at radius 2 is 1.15 bits per heavy atom. The van der Waals surface area contributed by atoms with E-state index in [2.05, 4.69) is 153 Å². The average molecular weight is 791 g/mol. The van der Waals surface area contributed by atoms with Crippen molar-refractivity contribution in [2.75, 3.05) is 10.6 Å². The zero-order valence-electron chi connectivity index (χ0n) is 35.7. The lowest BCUT2D eigenvalue weighted by Gasteiger charge is -2.28.